The van der Waals surface area contributed by atoms with Crippen LogP contribution in [0.2, 0.25) is 0 Å². The Kier molecular flexibility index (Phi) is 6.72. The maximum absolute atomic E-state index is 13.0. The van der Waals surface area contributed by atoms with E-state index in [1.807, 2.05) is 24.3 Å². The van der Waals surface area contributed by atoms with Crippen LogP contribution in [0.4, 0.5) is 0 Å². The highest BCUT2D eigenvalue weighted by Crippen LogP contribution is 2.47. The molecule has 2 aromatic carbocycles. The first-order valence-electron chi connectivity index (χ1n) is 9.13. The molecule has 0 aliphatic rings. The maximum Gasteiger partial charge on any atom is 0.427 e. The standard InChI is InChI=1S/C21H29O3P/c1-6-16-12-10-14-20(18(16)8-3)23-25(5,22)24-21-15-11-13-17(7-2)19(21)9-4/h10-15H,6-9H2,1-5H3. The highest BCUT2D eigenvalue weighted by atomic mass is 31.2. The van der Waals surface area contributed by atoms with Crippen molar-refractivity contribution in [3.63, 3.8) is 0 Å². The third-order valence-corrected chi connectivity index (χ3v) is 5.51. The van der Waals surface area contributed by atoms with Gasteiger partial charge >= 0.3 is 7.60 Å². The van der Waals surface area contributed by atoms with Crippen LogP contribution in [0, 0.1) is 0 Å². The molecule has 2 aromatic rings. The minimum Gasteiger partial charge on any atom is -0.416 e. The molecule has 0 aliphatic heterocycles. The highest BCUT2D eigenvalue weighted by molar-refractivity contribution is 7.53. The van der Waals surface area contributed by atoms with Gasteiger partial charge in [0, 0.05) is 0 Å². The zero-order valence-electron chi connectivity index (χ0n) is 16.0. The normalized spacial score (nSPS) is 11.4. The number of hydrogen-bond donors (Lipinski definition) is 0. The second-order valence-electron chi connectivity index (χ2n) is 6.16. The van der Waals surface area contributed by atoms with Gasteiger partial charge in [0.05, 0.1) is 6.66 Å². The Morgan fingerprint density at radius 2 is 1.12 bits per heavy atom. The number of hydrogen-bond acceptors (Lipinski definition) is 3. The van der Waals surface area contributed by atoms with Crippen LogP contribution in [0.15, 0.2) is 36.4 Å². The molecular weight excluding hydrogens is 331 g/mol. The fraction of sp³-hybridized carbons (Fsp3) is 0.429. The van der Waals surface area contributed by atoms with E-state index in [1.165, 1.54) is 11.1 Å². The summed E-state index contributed by atoms with van der Waals surface area (Å²) in [7, 11) is -3.28. The fourth-order valence-corrected chi connectivity index (χ4v) is 4.33. The molecule has 0 atom stereocenters. The zero-order chi connectivity index (χ0) is 18.4. The van der Waals surface area contributed by atoms with Crippen molar-refractivity contribution in [2.24, 2.45) is 0 Å². The van der Waals surface area contributed by atoms with E-state index in [4.69, 9.17) is 9.05 Å². The van der Waals surface area contributed by atoms with Gasteiger partial charge < -0.3 is 9.05 Å². The van der Waals surface area contributed by atoms with Gasteiger partial charge in [-0.2, -0.15) is 0 Å². The molecule has 0 aliphatic carbocycles. The molecule has 0 saturated carbocycles. The molecule has 0 fully saturated rings. The van der Waals surface area contributed by atoms with Crippen molar-refractivity contribution in [2.75, 3.05) is 6.66 Å². The Bertz CT molecular complexity index is 706. The van der Waals surface area contributed by atoms with Gasteiger partial charge in [-0.25, -0.2) is 4.57 Å². The molecule has 0 N–H and O–H groups in total. The maximum atomic E-state index is 13.0. The van der Waals surface area contributed by atoms with Gasteiger partial charge in [0.15, 0.2) is 0 Å². The van der Waals surface area contributed by atoms with Crippen LogP contribution in [0.1, 0.15) is 49.9 Å². The first kappa shape index (κ1) is 19.6. The van der Waals surface area contributed by atoms with E-state index in [2.05, 4.69) is 39.8 Å². The van der Waals surface area contributed by atoms with Crippen LogP contribution in [0.5, 0.6) is 11.5 Å². The van der Waals surface area contributed by atoms with Crippen molar-refractivity contribution in [2.45, 2.75) is 53.4 Å². The summed E-state index contributed by atoms with van der Waals surface area (Å²) < 4.78 is 24.8. The summed E-state index contributed by atoms with van der Waals surface area (Å²) in [5.74, 6) is 1.33. The molecule has 0 saturated heterocycles. The third kappa shape index (κ3) is 4.67. The van der Waals surface area contributed by atoms with Gasteiger partial charge in [-0.1, -0.05) is 52.0 Å². The summed E-state index contributed by atoms with van der Waals surface area (Å²) in [6.45, 7) is 9.95. The van der Waals surface area contributed by atoms with Crippen molar-refractivity contribution >= 4 is 7.60 Å². The van der Waals surface area contributed by atoms with E-state index >= 15 is 0 Å². The SMILES string of the molecule is CCc1cccc(OP(C)(=O)Oc2cccc(CC)c2CC)c1CC. The molecule has 0 heterocycles. The molecule has 0 amide bonds. The first-order chi connectivity index (χ1) is 12.0. The second-order valence-corrected chi connectivity index (χ2v) is 8.06. The molecule has 0 unspecified atom stereocenters. The van der Waals surface area contributed by atoms with Gasteiger partial charge in [0.25, 0.3) is 0 Å². The van der Waals surface area contributed by atoms with E-state index in [9.17, 15) is 4.57 Å². The van der Waals surface area contributed by atoms with E-state index in [-0.39, 0.29) is 0 Å². The lowest BCUT2D eigenvalue weighted by atomic mass is 10.0. The minimum absolute atomic E-state index is 0.664. The smallest absolute Gasteiger partial charge is 0.416 e. The molecule has 25 heavy (non-hydrogen) atoms. The second kappa shape index (κ2) is 8.58. The monoisotopic (exact) mass is 360 g/mol. The summed E-state index contributed by atoms with van der Waals surface area (Å²) in [5.41, 5.74) is 4.66. The topological polar surface area (TPSA) is 35.5 Å². The van der Waals surface area contributed by atoms with Crippen molar-refractivity contribution in [3.8, 4) is 11.5 Å². The van der Waals surface area contributed by atoms with Crippen molar-refractivity contribution < 1.29 is 13.6 Å². The summed E-state index contributed by atoms with van der Waals surface area (Å²) in [5, 5.41) is 0. The van der Waals surface area contributed by atoms with Gasteiger partial charge in [-0.15, -0.1) is 0 Å². The average Bonchev–Trinajstić information content (AvgIpc) is 2.60. The van der Waals surface area contributed by atoms with Gasteiger partial charge in [0.2, 0.25) is 0 Å². The number of benzene rings is 2. The zero-order valence-corrected chi connectivity index (χ0v) is 16.9. The largest absolute Gasteiger partial charge is 0.427 e. The van der Waals surface area contributed by atoms with Crippen LogP contribution in [0.3, 0.4) is 0 Å². The lowest BCUT2D eigenvalue weighted by Gasteiger charge is -2.21. The minimum atomic E-state index is -3.28. The molecule has 3 nitrogen and oxygen atoms in total. The van der Waals surface area contributed by atoms with Crippen LogP contribution < -0.4 is 9.05 Å². The lowest BCUT2D eigenvalue weighted by Crippen LogP contribution is -2.05. The molecular formula is C21H29O3P. The van der Waals surface area contributed by atoms with Crippen molar-refractivity contribution in [3.05, 3.63) is 58.7 Å². The average molecular weight is 360 g/mol. The summed E-state index contributed by atoms with van der Waals surface area (Å²) >= 11 is 0. The molecule has 4 heteroatoms. The Morgan fingerprint density at radius 1 is 0.720 bits per heavy atom. The van der Waals surface area contributed by atoms with E-state index in [0.717, 1.165) is 36.8 Å². The molecule has 136 valence electrons. The molecule has 0 bridgehead atoms. The predicted molar refractivity (Wildman–Crippen MR) is 105 cm³/mol. The molecule has 0 spiro atoms. The number of aryl methyl sites for hydroxylation is 2. The van der Waals surface area contributed by atoms with Crippen LogP contribution in [0.25, 0.3) is 0 Å². The van der Waals surface area contributed by atoms with Gasteiger partial charge in [0.1, 0.15) is 11.5 Å². The van der Waals surface area contributed by atoms with Crippen molar-refractivity contribution in [1.29, 1.82) is 0 Å². The fourth-order valence-electron chi connectivity index (χ4n) is 3.23. The van der Waals surface area contributed by atoms with Crippen LogP contribution in [-0.2, 0) is 30.2 Å². The summed E-state index contributed by atoms with van der Waals surface area (Å²) in [4.78, 5) is 0. The third-order valence-electron chi connectivity index (χ3n) is 4.46. The Morgan fingerprint density at radius 3 is 1.44 bits per heavy atom. The van der Waals surface area contributed by atoms with E-state index < -0.39 is 7.60 Å². The van der Waals surface area contributed by atoms with E-state index in [1.54, 1.807) is 6.66 Å². The number of rotatable bonds is 8. The van der Waals surface area contributed by atoms with Gasteiger partial charge in [-0.05, 0) is 60.1 Å². The molecule has 0 aromatic heterocycles. The van der Waals surface area contributed by atoms with Crippen LogP contribution in [-0.4, -0.2) is 6.66 Å². The summed E-state index contributed by atoms with van der Waals surface area (Å²) in [6.07, 6.45) is 3.53. The van der Waals surface area contributed by atoms with E-state index in [0.29, 0.717) is 11.5 Å². The molecule has 0 radical (unpaired) electrons. The van der Waals surface area contributed by atoms with Gasteiger partial charge in [-0.3, -0.25) is 0 Å². The first-order valence-corrected chi connectivity index (χ1v) is 11.1. The quantitative estimate of drug-likeness (QED) is 0.524. The Balaban J connectivity index is 2.31. The summed E-state index contributed by atoms with van der Waals surface area (Å²) in [6, 6.07) is 11.8. The Labute approximate surface area is 151 Å². The highest BCUT2D eigenvalue weighted by Gasteiger charge is 2.24. The Hall–Kier alpha value is -1.73. The van der Waals surface area contributed by atoms with Crippen molar-refractivity contribution in [1.82, 2.24) is 0 Å². The lowest BCUT2D eigenvalue weighted by molar-refractivity contribution is 0.390. The predicted octanol–water partition coefficient (Wildman–Crippen LogP) is 6.22. The molecule has 2 rings (SSSR count). The van der Waals surface area contributed by atoms with Crippen LogP contribution >= 0.6 is 7.60 Å².